The van der Waals surface area contributed by atoms with Gasteiger partial charge in [-0.15, -0.1) is 0 Å². The SMILES string of the molecule is CC(N)(Cc1cccc(F)c1)C1CCOC2(CCC2)C1. The quantitative estimate of drug-likeness (QED) is 0.918. The molecule has 1 aliphatic carbocycles. The molecule has 1 heterocycles. The predicted molar refractivity (Wildman–Crippen MR) is 78.0 cm³/mol. The number of nitrogens with two attached hydrogens (primary N) is 1. The summed E-state index contributed by atoms with van der Waals surface area (Å²) < 4.78 is 19.3. The van der Waals surface area contributed by atoms with Crippen molar-refractivity contribution in [3.8, 4) is 0 Å². The lowest BCUT2D eigenvalue weighted by atomic mass is 9.66. The molecule has 1 saturated heterocycles. The topological polar surface area (TPSA) is 35.2 Å². The molecule has 2 atom stereocenters. The Balaban J connectivity index is 1.70. The Kier molecular flexibility index (Phi) is 3.59. The summed E-state index contributed by atoms with van der Waals surface area (Å²) in [5.74, 6) is 0.278. The van der Waals surface area contributed by atoms with E-state index in [0.29, 0.717) is 5.92 Å². The average Bonchev–Trinajstić information content (AvgIpc) is 2.36. The molecular weight excluding hydrogens is 253 g/mol. The van der Waals surface area contributed by atoms with Crippen molar-refractivity contribution in [2.45, 2.75) is 56.6 Å². The van der Waals surface area contributed by atoms with Crippen LogP contribution in [0.25, 0.3) is 0 Å². The third-order valence-electron chi connectivity index (χ3n) is 5.16. The molecule has 2 aliphatic rings. The van der Waals surface area contributed by atoms with Crippen LogP contribution in [0.2, 0.25) is 0 Å². The molecule has 1 aromatic carbocycles. The summed E-state index contributed by atoms with van der Waals surface area (Å²) in [5.41, 5.74) is 7.41. The van der Waals surface area contributed by atoms with E-state index >= 15 is 0 Å². The third kappa shape index (κ3) is 2.75. The maximum Gasteiger partial charge on any atom is 0.123 e. The summed E-state index contributed by atoms with van der Waals surface area (Å²) in [6, 6.07) is 6.81. The van der Waals surface area contributed by atoms with E-state index in [1.807, 2.05) is 6.07 Å². The Morgan fingerprint density at radius 3 is 2.90 bits per heavy atom. The molecule has 0 bridgehead atoms. The predicted octanol–water partition coefficient (Wildman–Crippen LogP) is 3.43. The van der Waals surface area contributed by atoms with E-state index in [4.69, 9.17) is 10.5 Å². The van der Waals surface area contributed by atoms with Crippen LogP contribution in [0, 0.1) is 11.7 Å². The second kappa shape index (κ2) is 5.12. The first-order valence-corrected chi connectivity index (χ1v) is 7.66. The van der Waals surface area contributed by atoms with Gasteiger partial charge in [-0.1, -0.05) is 12.1 Å². The van der Waals surface area contributed by atoms with Crippen molar-refractivity contribution >= 4 is 0 Å². The lowest BCUT2D eigenvalue weighted by molar-refractivity contribution is -0.151. The van der Waals surface area contributed by atoms with Gasteiger partial charge in [-0.05, 0) is 69.1 Å². The Bertz CT molecular complexity index is 482. The largest absolute Gasteiger partial charge is 0.375 e. The van der Waals surface area contributed by atoms with Gasteiger partial charge >= 0.3 is 0 Å². The molecule has 0 aromatic heterocycles. The van der Waals surface area contributed by atoms with E-state index in [9.17, 15) is 4.39 Å². The van der Waals surface area contributed by atoms with Gasteiger partial charge in [0.1, 0.15) is 5.82 Å². The lowest BCUT2D eigenvalue weighted by Gasteiger charge is -2.50. The molecule has 1 aliphatic heterocycles. The number of ether oxygens (including phenoxy) is 1. The van der Waals surface area contributed by atoms with Crippen molar-refractivity contribution in [3.63, 3.8) is 0 Å². The molecule has 2 fully saturated rings. The average molecular weight is 277 g/mol. The minimum Gasteiger partial charge on any atom is -0.375 e. The Hall–Kier alpha value is -0.930. The first-order chi connectivity index (χ1) is 9.49. The lowest BCUT2D eigenvalue weighted by Crippen LogP contribution is -2.55. The van der Waals surface area contributed by atoms with Gasteiger partial charge in [0.2, 0.25) is 0 Å². The Morgan fingerprint density at radius 2 is 2.25 bits per heavy atom. The molecule has 3 heteroatoms. The van der Waals surface area contributed by atoms with Gasteiger partial charge in [0.25, 0.3) is 0 Å². The van der Waals surface area contributed by atoms with Gasteiger partial charge in [-0.3, -0.25) is 0 Å². The van der Waals surface area contributed by atoms with E-state index < -0.39 is 0 Å². The van der Waals surface area contributed by atoms with Gasteiger partial charge < -0.3 is 10.5 Å². The van der Waals surface area contributed by atoms with Gasteiger partial charge in [-0.25, -0.2) is 4.39 Å². The fourth-order valence-corrected chi connectivity index (χ4v) is 3.74. The molecule has 2 nitrogen and oxygen atoms in total. The molecule has 1 spiro atoms. The summed E-state index contributed by atoms with van der Waals surface area (Å²) in [4.78, 5) is 0. The standard InChI is InChI=1S/C17H24FNO/c1-16(19,11-13-4-2-5-15(18)10-13)14-6-9-20-17(12-14)7-3-8-17/h2,4-5,10,14H,3,6-9,11-12,19H2,1H3. The Morgan fingerprint density at radius 1 is 1.45 bits per heavy atom. The van der Waals surface area contributed by atoms with Crippen LogP contribution in [0.3, 0.4) is 0 Å². The molecule has 0 amide bonds. The Labute approximate surface area is 120 Å². The first kappa shape index (κ1) is 14.0. The highest BCUT2D eigenvalue weighted by molar-refractivity contribution is 5.19. The van der Waals surface area contributed by atoms with E-state index in [0.717, 1.165) is 31.4 Å². The maximum atomic E-state index is 13.3. The molecule has 1 saturated carbocycles. The van der Waals surface area contributed by atoms with Crippen LogP contribution >= 0.6 is 0 Å². The number of rotatable bonds is 3. The monoisotopic (exact) mass is 277 g/mol. The van der Waals surface area contributed by atoms with E-state index in [-0.39, 0.29) is 17.0 Å². The molecule has 0 radical (unpaired) electrons. The van der Waals surface area contributed by atoms with Crippen LogP contribution in [0.4, 0.5) is 4.39 Å². The van der Waals surface area contributed by atoms with Crippen molar-refractivity contribution in [1.29, 1.82) is 0 Å². The van der Waals surface area contributed by atoms with E-state index in [1.54, 1.807) is 12.1 Å². The molecule has 110 valence electrons. The van der Waals surface area contributed by atoms with Crippen molar-refractivity contribution in [2.75, 3.05) is 6.61 Å². The van der Waals surface area contributed by atoms with Crippen LogP contribution in [-0.4, -0.2) is 17.7 Å². The highest BCUT2D eigenvalue weighted by atomic mass is 19.1. The summed E-state index contributed by atoms with van der Waals surface area (Å²) in [6.07, 6.45) is 6.45. The summed E-state index contributed by atoms with van der Waals surface area (Å²) in [5, 5.41) is 0. The van der Waals surface area contributed by atoms with Gasteiger partial charge in [0.05, 0.1) is 5.60 Å². The van der Waals surface area contributed by atoms with Gasteiger partial charge in [-0.2, -0.15) is 0 Å². The molecule has 1 aromatic rings. The zero-order valence-corrected chi connectivity index (χ0v) is 12.2. The van der Waals surface area contributed by atoms with Crippen LogP contribution in [0.1, 0.15) is 44.6 Å². The zero-order chi connectivity index (χ0) is 14.2. The molecular formula is C17H24FNO. The zero-order valence-electron chi connectivity index (χ0n) is 12.2. The number of hydrogen-bond donors (Lipinski definition) is 1. The fraction of sp³-hybridized carbons (Fsp3) is 0.647. The number of halogens is 1. The van der Waals surface area contributed by atoms with Crippen LogP contribution < -0.4 is 5.73 Å². The molecule has 3 rings (SSSR count). The fourth-order valence-electron chi connectivity index (χ4n) is 3.74. The second-order valence-corrected chi connectivity index (χ2v) is 6.89. The molecule has 20 heavy (non-hydrogen) atoms. The van der Waals surface area contributed by atoms with E-state index in [1.165, 1.54) is 25.3 Å². The van der Waals surface area contributed by atoms with Crippen molar-refractivity contribution in [1.82, 2.24) is 0 Å². The highest BCUT2D eigenvalue weighted by Gasteiger charge is 2.46. The summed E-state index contributed by atoms with van der Waals surface area (Å²) in [7, 11) is 0. The number of benzene rings is 1. The van der Waals surface area contributed by atoms with Gasteiger partial charge in [0.15, 0.2) is 0 Å². The maximum absolute atomic E-state index is 13.3. The minimum absolute atomic E-state index is 0.117. The number of hydrogen-bond acceptors (Lipinski definition) is 2. The van der Waals surface area contributed by atoms with Crippen LogP contribution in [-0.2, 0) is 11.2 Å². The van der Waals surface area contributed by atoms with Crippen molar-refractivity contribution < 1.29 is 9.13 Å². The van der Waals surface area contributed by atoms with E-state index in [2.05, 4.69) is 6.92 Å². The van der Waals surface area contributed by atoms with Crippen molar-refractivity contribution in [3.05, 3.63) is 35.6 Å². The van der Waals surface area contributed by atoms with Crippen LogP contribution in [0.15, 0.2) is 24.3 Å². The summed E-state index contributed by atoms with van der Waals surface area (Å²) in [6.45, 7) is 2.93. The molecule has 2 unspecified atom stereocenters. The van der Waals surface area contributed by atoms with Gasteiger partial charge in [0, 0.05) is 12.1 Å². The second-order valence-electron chi connectivity index (χ2n) is 6.89. The third-order valence-corrected chi connectivity index (χ3v) is 5.16. The normalized spacial score (nSPS) is 27.9. The van der Waals surface area contributed by atoms with Crippen molar-refractivity contribution in [2.24, 2.45) is 11.7 Å². The smallest absolute Gasteiger partial charge is 0.123 e. The summed E-state index contributed by atoms with van der Waals surface area (Å²) >= 11 is 0. The molecule has 2 N–H and O–H groups in total. The first-order valence-electron chi connectivity index (χ1n) is 7.66. The van der Waals surface area contributed by atoms with Crippen LogP contribution in [0.5, 0.6) is 0 Å². The minimum atomic E-state index is -0.292. The highest BCUT2D eigenvalue weighted by Crippen LogP contribution is 2.46.